The SMILES string of the molecule is CCCC(c1cccc(Cl)c1)N1CCCC1. The first-order chi connectivity index (χ1) is 7.81. The van der Waals surface area contributed by atoms with E-state index in [1.807, 2.05) is 6.07 Å². The second-order valence-electron chi connectivity index (χ2n) is 4.60. The average Bonchev–Trinajstić information content (AvgIpc) is 2.79. The zero-order valence-electron chi connectivity index (χ0n) is 9.95. The first-order valence-corrected chi connectivity index (χ1v) is 6.68. The monoisotopic (exact) mass is 237 g/mol. The van der Waals surface area contributed by atoms with Crippen LogP contribution in [0.3, 0.4) is 0 Å². The molecule has 1 unspecified atom stereocenters. The van der Waals surface area contributed by atoms with E-state index in [1.165, 1.54) is 44.3 Å². The molecule has 1 saturated heterocycles. The van der Waals surface area contributed by atoms with Gasteiger partial charge in [-0.1, -0.05) is 37.1 Å². The first-order valence-electron chi connectivity index (χ1n) is 6.31. The summed E-state index contributed by atoms with van der Waals surface area (Å²) < 4.78 is 0. The van der Waals surface area contributed by atoms with Crippen LogP contribution in [-0.2, 0) is 0 Å². The Balaban J connectivity index is 2.17. The molecule has 2 rings (SSSR count). The Hall–Kier alpha value is -0.530. The van der Waals surface area contributed by atoms with Crippen LogP contribution in [0.1, 0.15) is 44.2 Å². The van der Waals surface area contributed by atoms with Crippen molar-refractivity contribution in [1.82, 2.24) is 4.90 Å². The molecule has 88 valence electrons. The highest BCUT2D eigenvalue weighted by molar-refractivity contribution is 6.30. The summed E-state index contributed by atoms with van der Waals surface area (Å²) in [6, 6.07) is 8.94. The Morgan fingerprint density at radius 3 is 2.69 bits per heavy atom. The van der Waals surface area contributed by atoms with Gasteiger partial charge in [-0.2, -0.15) is 0 Å². The lowest BCUT2D eigenvalue weighted by molar-refractivity contribution is 0.232. The quantitative estimate of drug-likeness (QED) is 0.756. The molecule has 16 heavy (non-hydrogen) atoms. The van der Waals surface area contributed by atoms with Crippen molar-refractivity contribution in [2.75, 3.05) is 13.1 Å². The molecule has 1 aromatic carbocycles. The third kappa shape index (κ3) is 2.78. The van der Waals surface area contributed by atoms with Crippen LogP contribution in [0.15, 0.2) is 24.3 Å². The maximum absolute atomic E-state index is 6.08. The zero-order chi connectivity index (χ0) is 11.4. The second-order valence-corrected chi connectivity index (χ2v) is 5.04. The fourth-order valence-corrected chi connectivity index (χ4v) is 2.80. The van der Waals surface area contributed by atoms with Crippen LogP contribution >= 0.6 is 11.6 Å². The van der Waals surface area contributed by atoms with Gasteiger partial charge in [0, 0.05) is 11.1 Å². The summed E-state index contributed by atoms with van der Waals surface area (Å²) in [5.41, 5.74) is 1.39. The lowest BCUT2D eigenvalue weighted by Gasteiger charge is -2.27. The average molecular weight is 238 g/mol. The van der Waals surface area contributed by atoms with Crippen molar-refractivity contribution in [2.24, 2.45) is 0 Å². The summed E-state index contributed by atoms with van der Waals surface area (Å²) in [5, 5.41) is 0.859. The van der Waals surface area contributed by atoms with E-state index in [9.17, 15) is 0 Å². The number of benzene rings is 1. The molecule has 1 aliphatic rings. The van der Waals surface area contributed by atoms with Crippen LogP contribution in [0.25, 0.3) is 0 Å². The van der Waals surface area contributed by atoms with E-state index in [0.29, 0.717) is 6.04 Å². The molecule has 0 aromatic heterocycles. The van der Waals surface area contributed by atoms with E-state index in [2.05, 4.69) is 30.0 Å². The topological polar surface area (TPSA) is 3.24 Å². The fraction of sp³-hybridized carbons (Fsp3) is 0.571. The van der Waals surface area contributed by atoms with Gasteiger partial charge in [0.2, 0.25) is 0 Å². The fourth-order valence-electron chi connectivity index (χ4n) is 2.60. The van der Waals surface area contributed by atoms with E-state index >= 15 is 0 Å². The second kappa shape index (κ2) is 5.70. The summed E-state index contributed by atoms with van der Waals surface area (Å²) in [7, 11) is 0. The van der Waals surface area contributed by atoms with Crippen LogP contribution in [0, 0.1) is 0 Å². The number of halogens is 1. The summed E-state index contributed by atoms with van der Waals surface area (Å²) in [6.07, 6.45) is 5.16. The van der Waals surface area contributed by atoms with Gasteiger partial charge in [-0.05, 0) is 50.0 Å². The minimum Gasteiger partial charge on any atom is -0.296 e. The minimum atomic E-state index is 0.575. The molecule has 0 aliphatic carbocycles. The van der Waals surface area contributed by atoms with Crippen LogP contribution in [0.5, 0.6) is 0 Å². The molecule has 1 atom stereocenters. The Morgan fingerprint density at radius 1 is 1.31 bits per heavy atom. The maximum atomic E-state index is 6.08. The number of nitrogens with zero attached hydrogens (tertiary/aromatic N) is 1. The molecule has 0 spiro atoms. The Kier molecular flexibility index (Phi) is 4.25. The highest BCUT2D eigenvalue weighted by Gasteiger charge is 2.22. The van der Waals surface area contributed by atoms with Crippen LogP contribution in [0.4, 0.5) is 0 Å². The first kappa shape index (κ1) is 11.9. The predicted molar refractivity (Wildman–Crippen MR) is 69.9 cm³/mol. The van der Waals surface area contributed by atoms with E-state index < -0.39 is 0 Å². The van der Waals surface area contributed by atoms with Gasteiger partial charge >= 0.3 is 0 Å². The van der Waals surface area contributed by atoms with Crippen molar-refractivity contribution in [3.63, 3.8) is 0 Å². The van der Waals surface area contributed by atoms with E-state index in [-0.39, 0.29) is 0 Å². The highest BCUT2D eigenvalue weighted by atomic mass is 35.5. The van der Waals surface area contributed by atoms with Gasteiger partial charge in [0.25, 0.3) is 0 Å². The van der Waals surface area contributed by atoms with Crippen LogP contribution < -0.4 is 0 Å². The molecule has 0 amide bonds. The highest BCUT2D eigenvalue weighted by Crippen LogP contribution is 2.30. The minimum absolute atomic E-state index is 0.575. The standard InChI is InChI=1S/C14H20ClN/c1-2-6-14(16-9-3-4-10-16)12-7-5-8-13(15)11-12/h5,7-8,11,14H,2-4,6,9-10H2,1H3. The molecule has 0 saturated carbocycles. The summed E-state index contributed by atoms with van der Waals surface area (Å²) in [4.78, 5) is 2.61. The Labute approximate surface area is 103 Å². The van der Waals surface area contributed by atoms with Gasteiger partial charge in [0.15, 0.2) is 0 Å². The number of hydrogen-bond acceptors (Lipinski definition) is 1. The van der Waals surface area contributed by atoms with E-state index in [4.69, 9.17) is 11.6 Å². The number of likely N-dealkylation sites (tertiary alicyclic amines) is 1. The van der Waals surface area contributed by atoms with Gasteiger partial charge in [-0.3, -0.25) is 4.90 Å². The van der Waals surface area contributed by atoms with Crippen molar-refractivity contribution in [2.45, 2.75) is 38.6 Å². The van der Waals surface area contributed by atoms with Gasteiger partial charge in [-0.15, -0.1) is 0 Å². The maximum Gasteiger partial charge on any atom is 0.0409 e. The molecule has 1 aliphatic heterocycles. The van der Waals surface area contributed by atoms with Gasteiger partial charge < -0.3 is 0 Å². The van der Waals surface area contributed by atoms with Gasteiger partial charge in [0.1, 0.15) is 0 Å². The summed E-state index contributed by atoms with van der Waals surface area (Å²) >= 11 is 6.08. The van der Waals surface area contributed by atoms with E-state index in [0.717, 1.165) is 5.02 Å². The number of hydrogen-bond donors (Lipinski definition) is 0. The van der Waals surface area contributed by atoms with Crippen LogP contribution in [0.2, 0.25) is 5.02 Å². The normalized spacial score (nSPS) is 18.9. The van der Waals surface area contributed by atoms with Crippen molar-refractivity contribution >= 4 is 11.6 Å². The van der Waals surface area contributed by atoms with Gasteiger partial charge in [-0.25, -0.2) is 0 Å². The lowest BCUT2D eigenvalue weighted by Crippen LogP contribution is -2.25. The predicted octanol–water partition coefficient (Wildman–Crippen LogP) is 4.28. The summed E-state index contributed by atoms with van der Waals surface area (Å²) in [5.74, 6) is 0. The lowest BCUT2D eigenvalue weighted by atomic mass is 10.0. The molecular weight excluding hydrogens is 218 g/mol. The van der Waals surface area contributed by atoms with E-state index in [1.54, 1.807) is 0 Å². The summed E-state index contributed by atoms with van der Waals surface area (Å²) in [6.45, 7) is 4.75. The third-order valence-electron chi connectivity index (χ3n) is 3.38. The zero-order valence-corrected chi connectivity index (χ0v) is 10.7. The molecule has 1 aromatic rings. The third-order valence-corrected chi connectivity index (χ3v) is 3.61. The molecule has 0 radical (unpaired) electrons. The van der Waals surface area contributed by atoms with Crippen molar-refractivity contribution in [3.05, 3.63) is 34.9 Å². The molecule has 1 heterocycles. The molecule has 0 N–H and O–H groups in total. The number of rotatable bonds is 4. The molecule has 1 nitrogen and oxygen atoms in total. The van der Waals surface area contributed by atoms with Crippen LogP contribution in [-0.4, -0.2) is 18.0 Å². The molecule has 2 heteroatoms. The van der Waals surface area contributed by atoms with Gasteiger partial charge in [0.05, 0.1) is 0 Å². The molecule has 1 fully saturated rings. The van der Waals surface area contributed by atoms with Crippen molar-refractivity contribution in [1.29, 1.82) is 0 Å². The largest absolute Gasteiger partial charge is 0.296 e. The Bertz CT molecular complexity index is 331. The smallest absolute Gasteiger partial charge is 0.0409 e. The Morgan fingerprint density at radius 2 is 2.06 bits per heavy atom. The van der Waals surface area contributed by atoms with Crippen molar-refractivity contribution < 1.29 is 0 Å². The van der Waals surface area contributed by atoms with Crippen molar-refractivity contribution in [3.8, 4) is 0 Å². The molecule has 0 bridgehead atoms. The molecular formula is C14H20ClN.